The molecule has 1 aliphatic heterocycles. The van der Waals surface area contributed by atoms with E-state index in [2.05, 4.69) is 18.8 Å². The minimum atomic E-state index is -0.646. The van der Waals surface area contributed by atoms with Gasteiger partial charge >= 0.3 is 11.9 Å². The van der Waals surface area contributed by atoms with E-state index in [1.807, 2.05) is 0 Å². The Bertz CT molecular complexity index is 684. The molecule has 2 atom stereocenters. The second kappa shape index (κ2) is 8.38. The molecule has 1 aromatic heterocycles. The first kappa shape index (κ1) is 20.0. The molecule has 1 saturated heterocycles. The quantitative estimate of drug-likeness (QED) is 0.811. The maximum absolute atomic E-state index is 12.4. The highest BCUT2D eigenvalue weighted by molar-refractivity contribution is 5.99. The number of ether oxygens (including phenoxy) is 2. The molecule has 0 radical (unpaired) electrons. The number of aryl methyl sites for hydroxylation is 1. The zero-order chi connectivity index (χ0) is 19.4. The number of nitrogens with one attached hydrogen (secondary N) is 1. The molecule has 0 aromatic carbocycles. The number of likely N-dealkylation sites (tertiary alicyclic amines) is 1. The number of H-pyrrole nitrogens is 1. The van der Waals surface area contributed by atoms with Crippen molar-refractivity contribution in [3.8, 4) is 0 Å². The van der Waals surface area contributed by atoms with Crippen molar-refractivity contribution in [2.24, 2.45) is 11.8 Å². The van der Waals surface area contributed by atoms with Crippen LogP contribution in [0.4, 0.5) is 0 Å². The average Bonchev–Trinajstić information content (AvgIpc) is 2.86. The summed E-state index contributed by atoms with van der Waals surface area (Å²) in [6, 6.07) is 0. The second-order valence-corrected chi connectivity index (χ2v) is 7.17. The Labute approximate surface area is 154 Å². The normalized spacial score (nSPS) is 20.0. The molecule has 1 fully saturated rings. The third-order valence-electron chi connectivity index (χ3n) is 4.67. The van der Waals surface area contributed by atoms with Crippen LogP contribution in [0.1, 0.15) is 59.3 Å². The van der Waals surface area contributed by atoms with Crippen molar-refractivity contribution in [2.75, 3.05) is 26.3 Å². The molecule has 2 unspecified atom stereocenters. The number of carbonyl (C=O) groups excluding carboxylic acids is 3. The zero-order valence-corrected chi connectivity index (χ0v) is 16.2. The van der Waals surface area contributed by atoms with Gasteiger partial charge in [-0.15, -0.1) is 0 Å². The maximum atomic E-state index is 12.4. The summed E-state index contributed by atoms with van der Waals surface area (Å²) in [5.41, 5.74) is 1.53. The number of esters is 2. The molecule has 2 rings (SSSR count). The smallest absolute Gasteiger partial charge is 0.355 e. The van der Waals surface area contributed by atoms with Gasteiger partial charge < -0.3 is 19.4 Å². The van der Waals surface area contributed by atoms with Crippen molar-refractivity contribution in [3.63, 3.8) is 0 Å². The van der Waals surface area contributed by atoms with Crippen LogP contribution in [0.3, 0.4) is 0 Å². The third-order valence-corrected chi connectivity index (χ3v) is 4.67. The molecule has 1 aliphatic rings. The molecule has 0 bridgehead atoms. The standard InChI is InChI=1S/C19H28N2O5/c1-6-25-18(23)16-13(4)17(20-14(16)5)19(24)26-10-15(22)21-8-11(2)7-12(3)9-21/h11-12,20H,6-10H2,1-5H3. The molecule has 144 valence electrons. The molecule has 1 N–H and O–H groups in total. The van der Waals surface area contributed by atoms with Crippen LogP contribution in [-0.4, -0.2) is 54.0 Å². The number of hydrogen-bond acceptors (Lipinski definition) is 5. The van der Waals surface area contributed by atoms with Gasteiger partial charge in [0.05, 0.1) is 12.2 Å². The molecule has 7 nitrogen and oxygen atoms in total. The summed E-state index contributed by atoms with van der Waals surface area (Å²) in [5, 5.41) is 0. The van der Waals surface area contributed by atoms with E-state index in [-0.39, 0.29) is 24.8 Å². The fraction of sp³-hybridized carbons (Fsp3) is 0.632. The number of amides is 1. The molecule has 2 heterocycles. The Morgan fingerprint density at radius 2 is 1.69 bits per heavy atom. The van der Waals surface area contributed by atoms with Crippen LogP contribution in [0.15, 0.2) is 0 Å². The van der Waals surface area contributed by atoms with Crippen molar-refractivity contribution < 1.29 is 23.9 Å². The number of nitrogens with zero attached hydrogens (tertiary/aromatic N) is 1. The summed E-state index contributed by atoms with van der Waals surface area (Å²) in [6.07, 6.45) is 1.10. The first-order valence-corrected chi connectivity index (χ1v) is 9.05. The summed E-state index contributed by atoms with van der Waals surface area (Å²) in [7, 11) is 0. The van der Waals surface area contributed by atoms with Crippen LogP contribution in [0.2, 0.25) is 0 Å². The van der Waals surface area contributed by atoms with Gasteiger partial charge in [0.1, 0.15) is 5.69 Å². The van der Waals surface area contributed by atoms with Crippen LogP contribution >= 0.6 is 0 Å². The van der Waals surface area contributed by atoms with Gasteiger partial charge in [0, 0.05) is 18.8 Å². The Hall–Kier alpha value is -2.31. The number of rotatable bonds is 5. The number of hydrogen-bond donors (Lipinski definition) is 1. The summed E-state index contributed by atoms with van der Waals surface area (Å²) >= 11 is 0. The topological polar surface area (TPSA) is 88.7 Å². The Balaban J connectivity index is 2.01. The van der Waals surface area contributed by atoms with Gasteiger partial charge in [-0.25, -0.2) is 9.59 Å². The third kappa shape index (κ3) is 4.45. The molecule has 0 spiro atoms. The van der Waals surface area contributed by atoms with Gasteiger partial charge in [-0.2, -0.15) is 0 Å². The predicted molar refractivity (Wildman–Crippen MR) is 96.0 cm³/mol. The number of aromatic amines is 1. The molecule has 0 saturated carbocycles. The van der Waals surface area contributed by atoms with E-state index in [4.69, 9.17) is 9.47 Å². The van der Waals surface area contributed by atoms with Crippen LogP contribution < -0.4 is 0 Å². The van der Waals surface area contributed by atoms with Crippen LogP contribution in [0.25, 0.3) is 0 Å². The lowest BCUT2D eigenvalue weighted by atomic mass is 9.92. The predicted octanol–water partition coefficient (Wildman–Crippen LogP) is 2.47. The minimum absolute atomic E-state index is 0.179. The van der Waals surface area contributed by atoms with Gasteiger partial charge in [0.25, 0.3) is 5.91 Å². The monoisotopic (exact) mass is 364 g/mol. The first-order valence-electron chi connectivity index (χ1n) is 9.05. The van der Waals surface area contributed by atoms with E-state index in [9.17, 15) is 14.4 Å². The lowest BCUT2D eigenvalue weighted by Gasteiger charge is -2.34. The summed E-state index contributed by atoms with van der Waals surface area (Å²) in [6.45, 7) is 10.6. The summed E-state index contributed by atoms with van der Waals surface area (Å²) in [4.78, 5) is 41.3. The van der Waals surface area contributed by atoms with E-state index >= 15 is 0 Å². The van der Waals surface area contributed by atoms with E-state index < -0.39 is 11.9 Å². The maximum Gasteiger partial charge on any atom is 0.355 e. The van der Waals surface area contributed by atoms with Gasteiger partial charge in [0.15, 0.2) is 6.61 Å². The van der Waals surface area contributed by atoms with Gasteiger partial charge in [-0.3, -0.25) is 4.79 Å². The molecule has 26 heavy (non-hydrogen) atoms. The van der Waals surface area contributed by atoms with Crippen LogP contribution in [0.5, 0.6) is 0 Å². The highest BCUT2D eigenvalue weighted by Crippen LogP contribution is 2.22. The van der Waals surface area contributed by atoms with Crippen molar-refractivity contribution in [1.82, 2.24) is 9.88 Å². The molecule has 0 aliphatic carbocycles. The second-order valence-electron chi connectivity index (χ2n) is 7.17. The molecule has 1 aromatic rings. The highest BCUT2D eigenvalue weighted by Gasteiger charge is 2.27. The average molecular weight is 364 g/mol. The van der Waals surface area contributed by atoms with Crippen molar-refractivity contribution >= 4 is 17.8 Å². The van der Waals surface area contributed by atoms with Gasteiger partial charge in [-0.1, -0.05) is 13.8 Å². The van der Waals surface area contributed by atoms with Gasteiger partial charge in [0.2, 0.25) is 0 Å². The fourth-order valence-corrected chi connectivity index (χ4v) is 3.62. The molecular formula is C19H28N2O5. The SMILES string of the molecule is CCOC(=O)c1c(C)[nH]c(C(=O)OCC(=O)N2CC(C)CC(C)C2)c1C. The lowest BCUT2D eigenvalue weighted by molar-refractivity contribution is -0.137. The molecule has 7 heteroatoms. The van der Waals surface area contributed by atoms with E-state index in [1.165, 1.54) is 0 Å². The number of carbonyl (C=O) groups is 3. The van der Waals surface area contributed by atoms with Crippen molar-refractivity contribution in [3.05, 3.63) is 22.5 Å². The largest absolute Gasteiger partial charge is 0.462 e. The Morgan fingerprint density at radius 3 is 2.27 bits per heavy atom. The zero-order valence-electron chi connectivity index (χ0n) is 16.2. The Morgan fingerprint density at radius 1 is 1.08 bits per heavy atom. The molecule has 1 amide bonds. The molecular weight excluding hydrogens is 336 g/mol. The fourth-order valence-electron chi connectivity index (χ4n) is 3.62. The van der Waals surface area contributed by atoms with Crippen molar-refractivity contribution in [1.29, 1.82) is 0 Å². The lowest BCUT2D eigenvalue weighted by Crippen LogP contribution is -2.44. The number of piperidine rings is 1. The van der Waals surface area contributed by atoms with Crippen LogP contribution in [0, 0.1) is 25.7 Å². The Kier molecular flexibility index (Phi) is 6.45. The summed E-state index contributed by atoms with van der Waals surface area (Å²) < 4.78 is 10.2. The van der Waals surface area contributed by atoms with Crippen molar-refractivity contribution in [2.45, 2.75) is 41.0 Å². The first-order chi connectivity index (χ1) is 12.2. The van der Waals surface area contributed by atoms with E-state index in [1.54, 1.807) is 25.7 Å². The summed E-state index contributed by atoms with van der Waals surface area (Å²) in [5.74, 6) is -0.432. The minimum Gasteiger partial charge on any atom is -0.462 e. The van der Waals surface area contributed by atoms with E-state index in [0.29, 0.717) is 41.7 Å². The van der Waals surface area contributed by atoms with Crippen LogP contribution in [-0.2, 0) is 14.3 Å². The highest BCUT2D eigenvalue weighted by atomic mass is 16.5. The van der Waals surface area contributed by atoms with E-state index in [0.717, 1.165) is 6.42 Å². The van der Waals surface area contributed by atoms with Gasteiger partial charge in [-0.05, 0) is 44.6 Å². The number of aromatic nitrogens is 1.